The lowest BCUT2D eigenvalue weighted by atomic mass is 10.2. The Bertz CT molecular complexity index is 617. The maximum atomic E-state index is 13.1. The first-order valence-electron chi connectivity index (χ1n) is 6.26. The summed E-state index contributed by atoms with van der Waals surface area (Å²) >= 11 is 0. The van der Waals surface area contributed by atoms with Crippen molar-refractivity contribution in [3.05, 3.63) is 53.1 Å². The minimum absolute atomic E-state index is 0.210. The number of carbonyl (C=O) groups is 1. The van der Waals surface area contributed by atoms with E-state index in [2.05, 4.69) is 5.32 Å². The number of halogens is 1. The third-order valence-electron chi connectivity index (χ3n) is 3.11. The number of nitrogens with zero attached hydrogens (tertiary/aromatic N) is 1. The Kier molecular flexibility index (Phi) is 3.69. The number of rotatable bonds is 3. The van der Waals surface area contributed by atoms with Crippen LogP contribution in [-0.2, 0) is 6.54 Å². The predicted octanol–water partition coefficient (Wildman–Crippen LogP) is 3.52. The van der Waals surface area contributed by atoms with Crippen molar-refractivity contribution >= 4 is 11.6 Å². The van der Waals surface area contributed by atoms with Gasteiger partial charge in [-0.15, -0.1) is 0 Å². The lowest BCUT2D eigenvalue weighted by Crippen LogP contribution is -2.18. The van der Waals surface area contributed by atoms with E-state index >= 15 is 0 Å². The fourth-order valence-electron chi connectivity index (χ4n) is 2.31. The third-order valence-corrected chi connectivity index (χ3v) is 3.11. The van der Waals surface area contributed by atoms with Crippen LogP contribution in [0.1, 0.15) is 28.7 Å². The first kappa shape index (κ1) is 13.3. The number of aromatic nitrogens is 1. The van der Waals surface area contributed by atoms with E-state index in [1.807, 2.05) is 31.4 Å². The Balaban J connectivity index is 2.30. The number of anilines is 1. The molecule has 100 valence electrons. The molecule has 0 aliphatic rings. The lowest BCUT2D eigenvalue weighted by Gasteiger charge is -2.10. The van der Waals surface area contributed by atoms with Crippen LogP contribution in [0.2, 0.25) is 0 Å². The summed E-state index contributed by atoms with van der Waals surface area (Å²) in [4.78, 5) is 12.3. The molecule has 0 bridgehead atoms. The zero-order chi connectivity index (χ0) is 14.0. The van der Waals surface area contributed by atoms with Gasteiger partial charge in [0.2, 0.25) is 0 Å². The summed E-state index contributed by atoms with van der Waals surface area (Å²) in [6.45, 7) is 6.59. The van der Waals surface area contributed by atoms with E-state index in [1.54, 1.807) is 12.1 Å². The largest absolute Gasteiger partial charge is 0.341 e. The number of amides is 1. The predicted molar refractivity (Wildman–Crippen MR) is 73.9 cm³/mol. The van der Waals surface area contributed by atoms with Gasteiger partial charge in [-0.05, 0) is 50.6 Å². The zero-order valence-electron chi connectivity index (χ0n) is 11.3. The fraction of sp³-hybridized carbons (Fsp3) is 0.267. The van der Waals surface area contributed by atoms with Crippen molar-refractivity contribution in [1.82, 2.24) is 4.57 Å². The topological polar surface area (TPSA) is 34.0 Å². The van der Waals surface area contributed by atoms with Gasteiger partial charge >= 0.3 is 0 Å². The fourth-order valence-corrected chi connectivity index (χ4v) is 2.31. The zero-order valence-corrected chi connectivity index (χ0v) is 11.3. The number of nitrogens with one attached hydrogen (secondary N) is 1. The molecule has 0 spiro atoms. The highest BCUT2D eigenvalue weighted by molar-refractivity contribution is 6.04. The molecule has 1 heterocycles. The van der Waals surface area contributed by atoms with Gasteiger partial charge in [-0.2, -0.15) is 0 Å². The Labute approximate surface area is 112 Å². The Morgan fingerprint density at radius 2 is 2.05 bits per heavy atom. The molecule has 1 amide bonds. The van der Waals surface area contributed by atoms with Gasteiger partial charge < -0.3 is 9.88 Å². The first-order valence-corrected chi connectivity index (χ1v) is 6.26. The molecule has 3 nitrogen and oxygen atoms in total. The molecule has 0 atom stereocenters. The van der Waals surface area contributed by atoms with Crippen LogP contribution in [0, 0.1) is 19.7 Å². The summed E-state index contributed by atoms with van der Waals surface area (Å²) in [6.07, 6.45) is 0. The Morgan fingerprint density at radius 1 is 1.32 bits per heavy atom. The summed E-state index contributed by atoms with van der Waals surface area (Å²) in [5.74, 6) is -0.574. The van der Waals surface area contributed by atoms with Crippen molar-refractivity contribution in [3.63, 3.8) is 0 Å². The van der Waals surface area contributed by atoms with Gasteiger partial charge in [-0.3, -0.25) is 4.79 Å². The minimum atomic E-state index is -0.364. The molecular weight excluding hydrogens is 243 g/mol. The Hall–Kier alpha value is -2.10. The molecule has 0 aliphatic heterocycles. The molecule has 1 aromatic heterocycles. The molecule has 0 saturated heterocycles. The molecule has 0 aliphatic carbocycles. The van der Waals surface area contributed by atoms with Gasteiger partial charge in [-0.1, -0.05) is 6.07 Å². The number of aryl methyl sites for hydroxylation is 2. The average Bonchev–Trinajstić information content (AvgIpc) is 2.63. The summed E-state index contributed by atoms with van der Waals surface area (Å²) in [6, 6.07) is 7.87. The van der Waals surface area contributed by atoms with E-state index < -0.39 is 0 Å². The molecule has 1 aromatic carbocycles. The van der Waals surface area contributed by atoms with Crippen molar-refractivity contribution in [2.24, 2.45) is 0 Å². The van der Waals surface area contributed by atoms with Crippen LogP contribution < -0.4 is 5.32 Å². The molecule has 2 aromatic rings. The van der Waals surface area contributed by atoms with Crippen LogP contribution in [0.4, 0.5) is 10.1 Å². The molecule has 19 heavy (non-hydrogen) atoms. The van der Waals surface area contributed by atoms with Gasteiger partial charge in [0, 0.05) is 17.9 Å². The monoisotopic (exact) mass is 260 g/mol. The second-order valence-electron chi connectivity index (χ2n) is 4.53. The van der Waals surface area contributed by atoms with Crippen molar-refractivity contribution in [3.8, 4) is 0 Å². The average molecular weight is 260 g/mol. The van der Waals surface area contributed by atoms with Gasteiger partial charge in [-0.25, -0.2) is 4.39 Å². The van der Waals surface area contributed by atoms with Crippen molar-refractivity contribution in [2.75, 3.05) is 5.32 Å². The van der Waals surface area contributed by atoms with Gasteiger partial charge in [0.1, 0.15) is 11.5 Å². The summed E-state index contributed by atoms with van der Waals surface area (Å²) in [5, 5.41) is 2.73. The second-order valence-corrected chi connectivity index (χ2v) is 4.53. The second kappa shape index (κ2) is 5.26. The highest BCUT2D eigenvalue weighted by Crippen LogP contribution is 2.17. The van der Waals surface area contributed by atoms with Crippen LogP contribution in [0.3, 0.4) is 0 Å². The minimum Gasteiger partial charge on any atom is -0.341 e. The summed E-state index contributed by atoms with van der Waals surface area (Å²) in [7, 11) is 0. The van der Waals surface area contributed by atoms with E-state index in [0.717, 1.165) is 17.8 Å². The van der Waals surface area contributed by atoms with Crippen LogP contribution in [0.15, 0.2) is 30.3 Å². The quantitative estimate of drug-likeness (QED) is 0.900. The number of carbonyl (C=O) groups excluding carboxylic acids is 1. The van der Waals surface area contributed by atoms with Crippen LogP contribution in [-0.4, -0.2) is 10.5 Å². The first-order chi connectivity index (χ1) is 9.02. The summed E-state index contributed by atoms with van der Waals surface area (Å²) in [5.41, 5.74) is 3.06. The smallest absolute Gasteiger partial charge is 0.272 e. The molecule has 4 heteroatoms. The maximum Gasteiger partial charge on any atom is 0.272 e. The number of benzene rings is 1. The molecular formula is C15H17FN2O. The van der Waals surface area contributed by atoms with Crippen LogP contribution in [0.25, 0.3) is 0 Å². The molecule has 0 radical (unpaired) electrons. The van der Waals surface area contributed by atoms with Crippen molar-refractivity contribution in [2.45, 2.75) is 27.3 Å². The highest BCUT2D eigenvalue weighted by atomic mass is 19.1. The number of hydrogen-bond acceptors (Lipinski definition) is 1. The molecule has 0 unspecified atom stereocenters. The van der Waals surface area contributed by atoms with Crippen LogP contribution in [0.5, 0.6) is 0 Å². The number of hydrogen-bond donors (Lipinski definition) is 1. The lowest BCUT2D eigenvalue weighted by molar-refractivity contribution is 0.101. The molecule has 0 fully saturated rings. The third kappa shape index (κ3) is 2.67. The summed E-state index contributed by atoms with van der Waals surface area (Å²) < 4.78 is 15.0. The van der Waals surface area contributed by atoms with Gasteiger partial charge in [0.05, 0.1) is 0 Å². The highest BCUT2D eigenvalue weighted by Gasteiger charge is 2.16. The SMILES string of the molecule is CCn1c(C)cc(C)c1C(=O)Nc1cccc(F)c1. The van der Waals surface area contributed by atoms with Crippen molar-refractivity contribution < 1.29 is 9.18 Å². The standard InChI is InChI=1S/C15H17FN2O/c1-4-18-11(3)8-10(2)14(18)15(19)17-13-7-5-6-12(16)9-13/h5-9H,4H2,1-3H3,(H,17,19). The van der Waals surface area contributed by atoms with E-state index in [0.29, 0.717) is 11.4 Å². The van der Waals surface area contributed by atoms with Crippen LogP contribution >= 0.6 is 0 Å². The van der Waals surface area contributed by atoms with Gasteiger partial charge in [0.15, 0.2) is 0 Å². The molecule has 1 N–H and O–H groups in total. The van der Waals surface area contributed by atoms with E-state index in [1.165, 1.54) is 12.1 Å². The molecule has 0 saturated carbocycles. The normalized spacial score (nSPS) is 10.5. The maximum absolute atomic E-state index is 13.1. The van der Waals surface area contributed by atoms with E-state index in [4.69, 9.17) is 0 Å². The van der Waals surface area contributed by atoms with Gasteiger partial charge in [0.25, 0.3) is 5.91 Å². The van der Waals surface area contributed by atoms with E-state index in [9.17, 15) is 9.18 Å². The van der Waals surface area contributed by atoms with Crippen molar-refractivity contribution in [1.29, 1.82) is 0 Å². The van der Waals surface area contributed by atoms with E-state index in [-0.39, 0.29) is 11.7 Å². The Morgan fingerprint density at radius 3 is 2.68 bits per heavy atom. The molecule has 2 rings (SSSR count).